The first-order valence-electron chi connectivity index (χ1n) is 8.13. The van der Waals surface area contributed by atoms with E-state index in [-0.39, 0.29) is 11.7 Å². The fourth-order valence-electron chi connectivity index (χ4n) is 2.27. The lowest BCUT2D eigenvalue weighted by molar-refractivity contribution is -0.359. The van der Waals surface area contributed by atoms with E-state index in [1.807, 2.05) is 0 Å². The van der Waals surface area contributed by atoms with E-state index in [0.717, 1.165) is 0 Å². The van der Waals surface area contributed by atoms with Gasteiger partial charge in [-0.1, -0.05) is 6.58 Å². The summed E-state index contributed by atoms with van der Waals surface area (Å²) in [4.78, 5) is 22.7. The summed E-state index contributed by atoms with van der Waals surface area (Å²) in [5, 5.41) is 0. The highest BCUT2D eigenvalue weighted by atomic mass is 19.4. The molecule has 0 atom stereocenters. The Morgan fingerprint density at radius 1 is 0.964 bits per heavy atom. The summed E-state index contributed by atoms with van der Waals surface area (Å²) in [6.07, 6.45) is -5.88. The van der Waals surface area contributed by atoms with Crippen molar-refractivity contribution < 1.29 is 54.5 Å². The van der Waals surface area contributed by atoms with Gasteiger partial charge in [-0.25, -0.2) is 9.59 Å². The summed E-state index contributed by atoms with van der Waals surface area (Å²) in [5.74, 6) is -14.0. The molecule has 0 aromatic rings. The van der Waals surface area contributed by atoms with Crippen LogP contribution in [-0.4, -0.2) is 55.4 Å². The van der Waals surface area contributed by atoms with Gasteiger partial charge in [0.25, 0.3) is 0 Å². The lowest BCUT2D eigenvalue weighted by Crippen LogP contribution is -2.54. The molecule has 0 aromatic heterocycles. The first-order chi connectivity index (χ1) is 12.7. The highest BCUT2D eigenvalue weighted by Crippen LogP contribution is 2.46. The zero-order valence-electron chi connectivity index (χ0n) is 14.8. The second-order valence-electron chi connectivity index (χ2n) is 6.33. The van der Waals surface area contributed by atoms with Gasteiger partial charge in [-0.15, -0.1) is 0 Å². The topological polar surface area (TPSA) is 61.8 Å². The normalized spacial score (nSPS) is 21.1. The van der Waals surface area contributed by atoms with Crippen molar-refractivity contribution in [2.75, 3.05) is 13.2 Å². The molecule has 1 aliphatic carbocycles. The molecular formula is C16H19F7O5. The Balaban J connectivity index is 2.36. The van der Waals surface area contributed by atoms with Gasteiger partial charge >= 0.3 is 30.0 Å². The highest BCUT2D eigenvalue weighted by Gasteiger charge is 2.73. The monoisotopic (exact) mass is 424 g/mol. The molecule has 0 unspecified atom stereocenters. The zero-order valence-corrected chi connectivity index (χ0v) is 14.8. The maximum absolute atomic E-state index is 13.0. The lowest BCUT2D eigenvalue weighted by Gasteiger charge is -2.29. The SMILES string of the molecule is C=C(C)C(=O)OC1CCC(OCC(=O)OCC(F)(F)C(F)(F)C(F)(F)F)CC1. The summed E-state index contributed by atoms with van der Waals surface area (Å²) >= 11 is 0. The molecule has 0 amide bonds. The van der Waals surface area contributed by atoms with Crippen LogP contribution in [0.5, 0.6) is 0 Å². The maximum atomic E-state index is 13.0. The minimum absolute atomic E-state index is 0.231. The molecule has 0 heterocycles. The van der Waals surface area contributed by atoms with Crippen LogP contribution < -0.4 is 0 Å². The van der Waals surface area contributed by atoms with Gasteiger partial charge in [0.15, 0.2) is 6.61 Å². The van der Waals surface area contributed by atoms with Crippen molar-refractivity contribution in [3.63, 3.8) is 0 Å². The second-order valence-corrected chi connectivity index (χ2v) is 6.33. The van der Waals surface area contributed by atoms with E-state index in [4.69, 9.17) is 9.47 Å². The highest BCUT2D eigenvalue weighted by molar-refractivity contribution is 5.87. The van der Waals surface area contributed by atoms with Gasteiger partial charge in [-0.05, 0) is 32.6 Å². The summed E-state index contributed by atoms with van der Waals surface area (Å²) < 4.78 is 101. The number of hydrogen-bond donors (Lipinski definition) is 0. The van der Waals surface area contributed by atoms with Gasteiger partial charge in [0.1, 0.15) is 12.7 Å². The number of alkyl halides is 7. The Kier molecular flexibility index (Phi) is 7.86. The number of halogens is 7. The molecule has 1 rings (SSSR count). The Morgan fingerprint density at radius 3 is 1.93 bits per heavy atom. The first kappa shape index (κ1) is 24.2. The minimum Gasteiger partial charge on any atom is -0.459 e. The molecule has 0 bridgehead atoms. The van der Waals surface area contributed by atoms with Crippen LogP contribution in [0.3, 0.4) is 0 Å². The third kappa shape index (κ3) is 6.35. The molecule has 0 saturated heterocycles. The van der Waals surface area contributed by atoms with E-state index < -0.39 is 49.3 Å². The van der Waals surface area contributed by atoms with E-state index in [2.05, 4.69) is 11.3 Å². The van der Waals surface area contributed by atoms with Crippen LogP contribution >= 0.6 is 0 Å². The summed E-state index contributed by atoms with van der Waals surface area (Å²) in [7, 11) is 0. The van der Waals surface area contributed by atoms with E-state index in [1.54, 1.807) is 0 Å². The van der Waals surface area contributed by atoms with Crippen LogP contribution in [0.25, 0.3) is 0 Å². The molecule has 0 N–H and O–H groups in total. The Morgan fingerprint density at radius 2 is 1.46 bits per heavy atom. The minimum atomic E-state index is -6.49. The predicted octanol–water partition coefficient (Wildman–Crippen LogP) is 3.81. The van der Waals surface area contributed by atoms with Crippen LogP contribution in [0.15, 0.2) is 12.2 Å². The molecule has 0 spiro atoms. The lowest BCUT2D eigenvalue weighted by atomic mass is 9.95. The molecular weight excluding hydrogens is 405 g/mol. The average Bonchev–Trinajstić information content (AvgIpc) is 2.58. The van der Waals surface area contributed by atoms with Crippen LogP contribution in [0.2, 0.25) is 0 Å². The van der Waals surface area contributed by atoms with Crippen molar-refractivity contribution >= 4 is 11.9 Å². The maximum Gasteiger partial charge on any atom is 0.460 e. The standard InChI is InChI=1S/C16H19F7O5/c1-9(2)13(25)28-11-5-3-10(4-6-11)26-7-12(24)27-8-14(17,18)15(19,20)16(21,22)23/h10-11H,1,3-8H2,2H3. The van der Waals surface area contributed by atoms with Crippen molar-refractivity contribution in [2.45, 2.75) is 62.8 Å². The summed E-state index contributed by atoms with van der Waals surface area (Å²) in [5.41, 5.74) is 0.231. The van der Waals surface area contributed by atoms with Crippen molar-refractivity contribution in [1.29, 1.82) is 0 Å². The van der Waals surface area contributed by atoms with E-state index in [0.29, 0.717) is 25.7 Å². The summed E-state index contributed by atoms with van der Waals surface area (Å²) in [6, 6.07) is 0. The molecule has 1 fully saturated rings. The zero-order chi connectivity index (χ0) is 21.8. The van der Waals surface area contributed by atoms with Gasteiger partial charge in [0.05, 0.1) is 6.10 Å². The van der Waals surface area contributed by atoms with Crippen molar-refractivity contribution in [3.8, 4) is 0 Å². The van der Waals surface area contributed by atoms with Crippen LogP contribution in [0.1, 0.15) is 32.6 Å². The Bertz CT molecular complexity index is 580. The van der Waals surface area contributed by atoms with Gasteiger partial charge in [-0.2, -0.15) is 30.7 Å². The molecule has 0 radical (unpaired) electrons. The number of carbonyl (C=O) groups is 2. The van der Waals surface area contributed by atoms with Crippen molar-refractivity contribution in [2.24, 2.45) is 0 Å². The molecule has 5 nitrogen and oxygen atoms in total. The molecule has 0 aromatic carbocycles. The molecule has 12 heteroatoms. The Hall–Kier alpha value is -1.85. The fourth-order valence-corrected chi connectivity index (χ4v) is 2.27. The van der Waals surface area contributed by atoms with E-state index in [1.165, 1.54) is 6.92 Å². The molecule has 1 aliphatic rings. The number of rotatable bonds is 8. The van der Waals surface area contributed by atoms with Crippen molar-refractivity contribution in [1.82, 2.24) is 0 Å². The number of carbonyl (C=O) groups excluding carboxylic acids is 2. The third-order valence-corrected chi connectivity index (χ3v) is 3.91. The average molecular weight is 424 g/mol. The smallest absolute Gasteiger partial charge is 0.459 e. The molecule has 1 saturated carbocycles. The van der Waals surface area contributed by atoms with E-state index >= 15 is 0 Å². The van der Waals surface area contributed by atoms with Gasteiger partial charge in [-0.3, -0.25) is 0 Å². The molecule has 162 valence electrons. The molecule has 0 aliphatic heterocycles. The van der Waals surface area contributed by atoms with E-state index in [9.17, 15) is 40.3 Å². The Labute approximate surface area is 155 Å². The third-order valence-electron chi connectivity index (χ3n) is 3.91. The van der Waals surface area contributed by atoms with Gasteiger partial charge in [0, 0.05) is 5.57 Å². The van der Waals surface area contributed by atoms with Crippen molar-refractivity contribution in [3.05, 3.63) is 12.2 Å². The van der Waals surface area contributed by atoms with Gasteiger partial charge in [0.2, 0.25) is 0 Å². The number of esters is 2. The summed E-state index contributed by atoms with van der Waals surface area (Å²) in [6.45, 7) is 1.58. The predicted molar refractivity (Wildman–Crippen MR) is 79.8 cm³/mol. The number of hydrogen-bond acceptors (Lipinski definition) is 5. The van der Waals surface area contributed by atoms with Gasteiger partial charge < -0.3 is 14.2 Å². The fraction of sp³-hybridized carbons (Fsp3) is 0.750. The van der Waals surface area contributed by atoms with Crippen LogP contribution in [-0.2, 0) is 23.8 Å². The van der Waals surface area contributed by atoms with Crippen LogP contribution in [0, 0.1) is 0 Å². The van der Waals surface area contributed by atoms with Crippen LogP contribution in [0.4, 0.5) is 30.7 Å². The second kappa shape index (κ2) is 9.10. The molecule has 28 heavy (non-hydrogen) atoms. The number of ether oxygens (including phenoxy) is 3. The first-order valence-corrected chi connectivity index (χ1v) is 8.13. The quantitative estimate of drug-likeness (QED) is 0.337. The largest absolute Gasteiger partial charge is 0.460 e.